The van der Waals surface area contributed by atoms with Crippen molar-refractivity contribution in [1.29, 1.82) is 0 Å². The molecule has 16 heavy (non-hydrogen) atoms. The van der Waals surface area contributed by atoms with Gasteiger partial charge in [0.25, 0.3) is 0 Å². The zero-order chi connectivity index (χ0) is 12.0. The van der Waals surface area contributed by atoms with Gasteiger partial charge in [-0.25, -0.2) is 0 Å². The quantitative estimate of drug-likeness (QED) is 0.653. The molecule has 0 aromatic carbocycles. The van der Waals surface area contributed by atoms with Crippen LogP contribution >= 0.6 is 0 Å². The van der Waals surface area contributed by atoms with Gasteiger partial charge in [-0.05, 0) is 0 Å². The average Bonchev–Trinajstić information content (AvgIpc) is 2.27. The van der Waals surface area contributed by atoms with Crippen LogP contribution < -0.4 is 5.32 Å². The summed E-state index contributed by atoms with van der Waals surface area (Å²) in [6.45, 7) is 2.23. The Hall–Kier alpha value is -1.14. The fourth-order valence-electron chi connectivity index (χ4n) is 1.51. The molecule has 6 nitrogen and oxygen atoms in total. The predicted molar refractivity (Wildman–Crippen MR) is 57.1 cm³/mol. The van der Waals surface area contributed by atoms with E-state index in [1.165, 1.54) is 4.90 Å². The summed E-state index contributed by atoms with van der Waals surface area (Å²) < 4.78 is 5.23. The van der Waals surface area contributed by atoms with E-state index >= 15 is 0 Å². The minimum absolute atomic E-state index is 0.0170. The minimum atomic E-state index is -0.890. The van der Waals surface area contributed by atoms with E-state index in [1.54, 1.807) is 7.05 Å². The number of carboxylic acid groups (broad SMARTS) is 1. The Kier molecular flexibility index (Phi) is 5.21. The highest BCUT2D eigenvalue weighted by Gasteiger charge is 2.19. The molecule has 92 valence electrons. The number of carbonyl (C=O) groups excluding carboxylic acids is 1. The summed E-state index contributed by atoms with van der Waals surface area (Å²) in [6, 6.07) is 0.0496. The summed E-state index contributed by atoms with van der Waals surface area (Å²) >= 11 is 0. The first-order chi connectivity index (χ1) is 7.59. The molecule has 2 N–H and O–H groups in total. The topological polar surface area (TPSA) is 78.9 Å². The first kappa shape index (κ1) is 12.9. The third-order valence-electron chi connectivity index (χ3n) is 2.51. The van der Waals surface area contributed by atoms with Crippen LogP contribution in [-0.2, 0) is 14.3 Å². The molecular weight excluding hydrogens is 212 g/mol. The van der Waals surface area contributed by atoms with Gasteiger partial charge in [0.05, 0.1) is 19.6 Å². The number of amides is 1. The molecule has 1 fully saturated rings. The van der Waals surface area contributed by atoms with Crippen molar-refractivity contribution in [3.8, 4) is 0 Å². The predicted octanol–water partition coefficient (Wildman–Crippen LogP) is -0.702. The number of rotatable bonds is 5. The Morgan fingerprint density at radius 1 is 1.56 bits per heavy atom. The van der Waals surface area contributed by atoms with Crippen LogP contribution in [0.1, 0.15) is 12.8 Å². The van der Waals surface area contributed by atoms with Crippen LogP contribution in [-0.4, -0.2) is 61.3 Å². The molecule has 6 heteroatoms. The molecule has 1 amide bonds. The Morgan fingerprint density at radius 2 is 2.31 bits per heavy atom. The number of nitrogens with one attached hydrogen (secondary N) is 1. The van der Waals surface area contributed by atoms with Crippen LogP contribution in [0.15, 0.2) is 0 Å². The standard InChI is InChI=1S/C10H18N2O4/c1-12(4-2-10(14)15)9(13)6-8-7-16-5-3-11-8/h8,11H,2-7H2,1H3,(H,14,15). The van der Waals surface area contributed by atoms with E-state index in [0.29, 0.717) is 19.6 Å². The number of ether oxygens (including phenoxy) is 1. The summed E-state index contributed by atoms with van der Waals surface area (Å²) in [4.78, 5) is 23.5. The van der Waals surface area contributed by atoms with Crippen LogP contribution in [0.5, 0.6) is 0 Å². The molecule has 0 spiro atoms. The van der Waals surface area contributed by atoms with Crippen LogP contribution in [0.3, 0.4) is 0 Å². The molecule has 1 aliphatic rings. The van der Waals surface area contributed by atoms with E-state index in [2.05, 4.69) is 5.32 Å². The van der Waals surface area contributed by atoms with E-state index in [0.717, 1.165) is 6.54 Å². The van der Waals surface area contributed by atoms with Gasteiger partial charge < -0.3 is 20.1 Å². The highest BCUT2D eigenvalue weighted by atomic mass is 16.5. The van der Waals surface area contributed by atoms with Crippen molar-refractivity contribution in [2.45, 2.75) is 18.9 Å². The first-order valence-corrected chi connectivity index (χ1v) is 5.36. The van der Waals surface area contributed by atoms with Crippen molar-refractivity contribution in [3.63, 3.8) is 0 Å². The average molecular weight is 230 g/mol. The van der Waals surface area contributed by atoms with Crippen LogP contribution in [0.25, 0.3) is 0 Å². The normalized spacial score (nSPS) is 20.4. The number of carbonyl (C=O) groups is 2. The molecular formula is C10H18N2O4. The van der Waals surface area contributed by atoms with Gasteiger partial charge in [-0.1, -0.05) is 0 Å². The minimum Gasteiger partial charge on any atom is -0.481 e. The zero-order valence-electron chi connectivity index (χ0n) is 9.44. The van der Waals surface area contributed by atoms with Gasteiger partial charge in [0.15, 0.2) is 0 Å². The van der Waals surface area contributed by atoms with Crippen molar-refractivity contribution in [1.82, 2.24) is 10.2 Å². The lowest BCUT2D eigenvalue weighted by Crippen LogP contribution is -2.44. The van der Waals surface area contributed by atoms with Crippen molar-refractivity contribution < 1.29 is 19.4 Å². The number of nitrogens with zero attached hydrogens (tertiary/aromatic N) is 1. The molecule has 0 radical (unpaired) electrons. The second-order valence-electron chi connectivity index (χ2n) is 3.89. The summed E-state index contributed by atoms with van der Waals surface area (Å²) in [5.74, 6) is -0.942. The zero-order valence-corrected chi connectivity index (χ0v) is 9.44. The Balaban J connectivity index is 2.24. The van der Waals surface area contributed by atoms with Gasteiger partial charge in [-0.3, -0.25) is 9.59 Å². The maximum Gasteiger partial charge on any atom is 0.305 e. The number of aliphatic carboxylic acids is 1. The lowest BCUT2D eigenvalue weighted by Gasteiger charge is -2.25. The van der Waals surface area contributed by atoms with Crippen LogP contribution in [0, 0.1) is 0 Å². The molecule has 0 saturated carbocycles. The molecule has 0 aromatic rings. The summed E-state index contributed by atoms with van der Waals surface area (Å²) in [5.41, 5.74) is 0. The summed E-state index contributed by atoms with van der Waals surface area (Å²) in [7, 11) is 1.62. The molecule has 0 aromatic heterocycles. The molecule has 0 bridgehead atoms. The molecule has 1 aliphatic heterocycles. The lowest BCUT2D eigenvalue weighted by molar-refractivity contribution is -0.138. The number of hydrogen-bond donors (Lipinski definition) is 2. The molecule has 0 aliphatic carbocycles. The van der Waals surface area contributed by atoms with Crippen molar-refractivity contribution in [2.75, 3.05) is 33.4 Å². The van der Waals surface area contributed by atoms with Crippen molar-refractivity contribution in [2.24, 2.45) is 0 Å². The van der Waals surface area contributed by atoms with E-state index in [4.69, 9.17) is 9.84 Å². The maximum atomic E-state index is 11.7. The maximum absolute atomic E-state index is 11.7. The molecule has 1 rings (SSSR count). The number of carboxylic acids is 1. The van der Waals surface area contributed by atoms with Gasteiger partial charge in [0.1, 0.15) is 0 Å². The fourth-order valence-corrected chi connectivity index (χ4v) is 1.51. The Bertz CT molecular complexity index is 251. The lowest BCUT2D eigenvalue weighted by atomic mass is 10.2. The second-order valence-corrected chi connectivity index (χ2v) is 3.89. The highest BCUT2D eigenvalue weighted by molar-refractivity contribution is 5.77. The number of hydrogen-bond acceptors (Lipinski definition) is 4. The Morgan fingerprint density at radius 3 is 2.88 bits per heavy atom. The van der Waals surface area contributed by atoms with Gasteiger partial charge in [0, 0.05) is 32.6 Å². The van der Waals surface area contributed by atoms with Gasteiger partial charge >= 0.3 is 5.97 Å². The van der Waals surface area contributed by atoms with E-state index in [-0.39, 0.29) is 24.9 Å². The SMILES string of the molecule is CN(CCC(=O)O)C(=O)CC1COCCN1. The second kappa shape index (κ2) is 6.44. The smallest absolute Gasteiger partial charge is 0.305 e. The van der Waals surface area contributed by atoms with E-state index in [1.807, 2.05) is 0 Å². The van der Waals surface area contributed by atoms with Crippen LogP contribution in [0.2, 0.25) is 0 Å². The van der Waals surface area contributed by atoms with E-state index in [9.17, 15) is 9.59 Å². The van der Waals surface area contributed by atoms with Crippen molar-refractivity contribution >= 4 is 11.9 Å². The fraction of sp³-hybridized carbons (Fsp3) is 0.800. The summed E-state index contributed by atoms with van der Waals surface area (Å²) in [5, 5.41) is 11.7. The Labute approximate surface area is 94.6 Å². The van der Waals surface area contributed by atoms with E-state index < -0.39 is 5.97 Å². The number of morpholine rings is 1. The van der Waals surface area contributed by atoms with Gasteiger partial charge in [-0.2, -0.15) is 0 Å². The first-order valence-electron chi connectivity index (χ1n) is 5.36. The molecule has 1 unspecified atom stereocenters. The van der Waals surface area contributed by atoms with Gasteiger partial charge in [0.2, 0.25) is 5.91 Å². The third-order valence-corrected chi connectivity index (χ3v) is 2.51. The highest BCUT2D eigenvalue weighted by Crippen LogP contribution is 2.02. The molecule has 1 saturated heterocycles. The van der Waals surface area contributed by atoms with Crippen LogP contribution in [0.4, 0.5) is 0 Å². The molecule has 1 heterocycles. The third kappa shape index (κ3) is 4.59. The summed E-state index contributed by atoms with van der Waals surface area (Å²) in [6.07, 6.45) is 0.340. The van der Waals surface area contributed by atoms with Gasteiger partial charge in [-0.15, -0.1) is 0 Å². The largest absolute Gasteiger partial charge is 0.481 e. The van der Waals surface area contributed by atoms with Crippen molar-refractivity contribution in [3.05, 3.63) is 0 Å². The molecule has 1 atom stereocenters. The monoisotopic (exact) mass is 230 g/mol.